The van der Waals surface area contributed by atoms with Gasteiger partial charge in [-0.1, -0.05) is 6.92 Å². The molecule has 0 aromatic rings. The quantitative estimate of drug-likeness (QED) is 0.509. The van der Waals surface area contributed by atoms with Crippen LogP contribution < -0.4 is 0 Å². The van der Waals surface area contributed by atoms with Crippen LogP contribution in [0.5, 0.6) is 0 Å². The van der Waals surface area contributed by atoms with Crippen molar-refractivity contribution in [3.8, 4) is 0 Å². The Morgan fingerprint density at radius 2 is 1.90 bits per heavy atom. The minimum absolute atomic E-state index is 0.134. The van der Waals surface area contributed by atoms with Crippen molar-refractivity contribution in [1.29, 1.82) is 0 Å². The van der Waals surface area contributed by atoms with Gasteiger partial charge in [0.2, 0.25) is 0 Å². The molecule has 0 radical (unpaired) electrons. The minimum atomic E-state index is 0.134. The van der Waals surface area contributed by atoms with Crippen molar-refractivity contribution >= 4 is 0 Å². The molecule has 2 bridgehead atoms. The van der Waals surface area contributed by atoms with E-state index in [1.165, 1.54) is 6.42 Å². The fourth-order valence-electron chi connectivity index (χ4n) is 1.84. The van der Waals surface area contributed by atoms with E-state index in [0.717, 1.165) is 31.5 Å². The van der Waals surface area contributed by atoms with Gasteiger partial charge in [0.1, 0.15) is 0 Å². The molecule has 0 amide bonds. The minimum Gasteiger partial charge on any atom is -0.352 e. The number of rotatable bonds is 0. The monoisotopic (exact) mass is 142 g/mol. The third-order valence-electron chi connectivity index (χ3n) is 2.35. The number of hydrogen-bond acceptors (Lipinski definition) is 2. The van der Waals surface area contributed by atoms with E-state index >= 15 is 0 Å². The van der Waals surface area contributed by atoms with Crippen LogP contribution in [-0.2, 0) is 9.47 Å². The van der Waals surface area contributed by atoms with E-state index < -0.39 is 0 Å². The normalized spacial score (nSPS) is 47.1. The second-order valence-corrected chi connectivity index (χ2v) is 3.54. The van der Waals surface area contributed by atoms with Crippen molar-refractivity contribution in [2.75, 3.05) is 13.2 Å². The maximum atomic E-state index is 5.48. The Labute approximate surface area is 61.5 Å². The molecule has 2 rings (SSSR count). The first-order valence-electron chi connectivity index (χ1n) is 4.08. The van der Waals surface area contributed by atoms with Gasteiger partial charge < -0.3 is 9.47 Å². The van der Waals surface area contributed by atoms with Crippen molar-refractivity contribution in [1.82, 2.24) is 0 Å². The van der Waals surface area contributed by atoms with Gasteiger partial charge in [0.25, 0.3) is 0 Å². The molecule has 2 aliphatic rings. The van der Waals surface area contributed by atoms with E-state index in [2.05, 4.69) is 6.92 Å². The predicted octanol–water partition coefficient (Wildman–Crippen LogP) is 1.41. The SMILES string of the molecule is C[C@H]1CO[C@@H]2C[C@@H](CO2)C1. The summed E-state index contributed by atoms with van der Waals surface area (Å²) in [5.74, 6) is 1.52. The maximum Gasteiger partial charge on any atom is 0.157 e. The molecule has 0 aliphatic carbocycles. The van der Waals surface area contributed by atoms with E-state index in [1.54, 1.807) is 0 Å². The molecule has 2 heteroatoms. The highest BCUT2D eigenvalue weighted by Gasteiger charge is 2.30. The van der Waals surface area contributed by atoms with Gasteiger partial charge in [0, 0.05) is 6.42 Å². The van der Waals surface area contributed by atoms with Crippen LogP contribution in [0.3, 0.4) is 0 Å². The second-order valence-electron chi connectivity index (χ2n) is 3.54. The molecule has 2 fully saturated rings. The van der Waals surface area contributed by atoms with Crippen molar-refractivity contribution in [3.05, 3.63) is 0 Å². The topological polar surface area (TPSA) is 18.5 Å². The summed E-state index contributed by atoms with van der Waals surface area (Å²) in [6.07, 6.45) is 2.55. The maximum absolute atomic E-state index is 5.48. The zero-order chi connectivity index (χ0) is 6.97. The van der Waals surface area contributed by atoms with Crippen LogP contribution in [-0.4, -0.2) is 19.5 Å². The molecule has 0 spiro atoms. The third kappa shape index (κ3) is 1.18. The first-order chi connectivity index (χ1) is 4.84. The van der Waals surface area contributed by atoms with Crippen molar-refractivity contribution in [2.24, 2.45) is 11.8 Å². The molecule has 3 atom stereocenters. The standard InChI is InChI=1S/C8H14O2/c1-6-2-7-3-8(9-4-6)10-5-7/h6-8H,2-5H2,1H3/t6-,7+,8+/m1/s1. The molecular formula is C8H14O2. The second kappa shape index (κ2) is 2.51. The molecule has 2 aliphatic heterocycles. The smallest absolute Gasteiger partial charge is 0.157 e. The molecule has 0 unspecified atom stereocenters. The average Bonchev–Trinajstić information content (AvgIpc) is 2.22. The lowest BCUT2D eigenvalue weighted by Crippen LogP contribution is -2.15. The first kappa shape index (κ1) is 6.62. The van der Waals surface area contributed by atoms with Crippen molar-refractivity contribution < 1.29 is 9.47 Å². The van der Waals surface area contributed by atoms with Gasteiger partial charge >= 0.3 is 0 Å². The van der Waals surface area contributed by atoms with E-state index in [9.17, 15) is 0 Å². The van der Waals surface area contributed by atoms with Crippen LogP contribution in [0.1, 0.15) is 19.8 Å². The zero-order valence-corrected chi connectivity index (χ0v) is 6.38. The Bertz CT molecular complexity index is 124. The lowest BCUT2D eigenvalue weighted by Gasteiger charge is -2.15. The highest BCUT2D eigenvalue weighted by atomic mass is 16.7. The number of hydrogen-bond donors (Lipinski definition) is 0. The first-order valence-corrected chi connectivity index (χ1v) is 4.08. The zero-order valence-electron chi connectivity index (χ0n) is 6.38. The van der Waals surface area contributed by atoms with E-state index in [1.807, 2.05) is 0 Å². The average molecular weight is 142 g/mol. The van der Waals surface area contributed by atoms with Crippen LogP contribution in [0.4, 0.5) is 0 Å². The summed E-state index contributed by atoms with van der Waals surface area (Å²) in [6, 6.07) is 0. The Kier molecular flexibility index (Phi) is 1.66. The highest BCUT2D eigenvalue weighted by Crippen LogP contribution is 2.30. The lowest BCUT2D eigenvalue weighted by molar-refractivity contribution is -0.121. The van der Waals surface area contributed by atoms with Crippen LogP contribution >= 0.6 is 0 Å². The summed E-state index contributed by atoms with van der Waals surface area (Å²) in [7, 11) is 0. The molecule has 58 valence electrons. The van der Waals surface area contributed by atoms with Gasteiger partial charge in [-0.05, 0) is 18.3 Å². The number of fused-ring (bicyclic) bond motifs is 2. The fourth-order valence-corrected chi connectivity index (χ4v) is 1.84. The van der Waals surface area contributed by atoms with E-state index in [-0.39, 0.29) is 6.29 Å². The highest BCUT2D eigenvalue weighted by molar-refractivity contribution is 4.73. The summed E-state index contributed by atoms with van der Waals surface area (Å²) >= 11 is 0. The van der Waals surface area contributed by atoms with E-state index in [4.69, 9.17) is 9.47 Å². The molecule has 0 aromatic heterocycles. The Morgan fingerprint density at radius 1 is 1.10 bits per heavy atom. The van der Waals surface area contributed by atoms with Crippen LogP contribution in [0.2, 0.25) is 0 Å². The van der Waals surface area contributed by atoms with E-state index in [0.29, 0.717) is 0 Å². The summed E-state index contributed by atoms with van der Waals surface area (Å²) in [6.45, 7) is 4.07. The summed E-state index contributed by atoms with van der Waals surface area (Å²) in [5, 5.41) is 0. The lowest BCUT2D eigenvalue weighted by atomic mass is 9.97. The molecule has 0 aromatic carbocycles. The summed E-state index contributed by atoms with van der Waals surface area (Å²) in [5.41, 5.74) is 0. The predicted molar refractivity (Wildman–Crippen MR) is 37.6 cm³/mol. The molecule has 2 nitrogen and oxygen atoms in total. The molecule has 0 saturated carbocycles. The molecule has 2 saturated heterocycles. The van der Waals surface area contributed by atoms with Crippen LogP contribution in [0, 0.1) is 11.8 Å². The largest absolute Gasteiger partial charge is 0.352 e. The summed E-state index contributed by atoms with van der Waals surface area (Å²) in [4.78, 5) is 0. The van der Waals surface area contributed by atoms with Gasteiger partial charge in [-0.25, -0.2) is 0 Å². The van der Waals surface area contributed by atoms with Gasteiger partial charge in [-0.2, -0.15) is 0 Å². The van der Waals surface area contributed by atoms with Gasteiger partial charge in [0.15, 0.2) is 6.29 Å². The van der Waals surface area contributed by atoms with Crippen LogP contribution in [0.25, 0.3) is 0 Å². The van der Waals surface area contributed by atoms with Gasteiger partial charge in [-0.15, -0.1) is 0 Å². The Hall–Kier alpha value is -0.0800. The molecule has 10 heavy (non-hydrogen) atoms. The number of ether oxygens (including phenoxy) is 2. The fraction of sp³-hybridized carbons (Fsp3) is 1.00. The molecular weight excluding hydrogens is 128 g/mol. The van der Waals surface area contributed by atoms with Crippen LogP contribution in [0.15, 0.2) is 0 Å². The Morgan fingerprint density at radius 3 is 2.80 bits per heavy atom. The van der Waals surface area contributed by atoms with Crippen molar-refractivity contribution in [2.45, 2.75) is 26.1 Å². The molecule has 0 N–H and O–H groups in total. The summed E-state index contributed by atoms with van der Waals surface area (Å²) < 4.78 is 10.9. The third-order valence-corrected chi connectivity index (χ3v) is 2.35. The van der Waals surface area contributed by atoms with Gasteiger partial charge in [0.05, 0.1) is 13.2 Å². The van der Waals surface area contributed by atoms with Crippen molar-refractivity contribution in [3.63, 3.8) is 0 Å². The van der Waals surface area contributed by atoms with Gasteiger partial charge in [-0.3, -0.25) is 0 Å². The molecule has 2 heterocycles. The Balaban J connectivity index is 1.99.